The Labute approximate surface area is 146 Å². The van der Waals surface area contributed by atoms with E-state index in [1.165, 1.54) is 18.2 Å². The highest BCUT2D eigenvalue weighted by Gasteiger charge is 2.38. The Hall–Kier alpha value is -2.54. The number of nitro groups is 1. The van der Waals surface area contributed by atoms with Crippen molar-refractivity contribution in [1.29, 1.82) is 0 Å². The molecule has 0 atom stereocenters. The highest BCUT2D eigenvalue weighted by atomic mass is 79.9. The molecule has 1 aliphatic carbocycles. The van der Waals surface area contributed by atoms with Crippen molar-refractivity contribution >= 4 is 38.9 Å². The fourth-order valence-corrected chi connectivity index (χ4v) is 3.36. The number of nitrogens with one attached hydrogen (secondary N) is 1. The van der Waals surface area contributed by atoms with E-state index in [0.717, 1.165) is 0 Å². The Balaban J connectivity index is 2.33. The van der Waals surface area contributed by atoms with Crippen LogP contribution < -0.4 is 5.32 Å². The lowest BCUT2D eigenvalue weighted by Gasteiger charge is -2.22. The Kier molecular flexibility index (Phi) is 3.96. The van der Waals surface area contributed by atoms with Crippen molar-refractivity contribution < 1.29 is 14.5 Å². The summed E-state index contributed by atoms with van der Waals surface area (Å²) in [5.74, 6) is -0.918. The lowest BCUT2D eigenvalue weighted by Crippen LogP contribution is -2.25. The fourth-order valence-electron chi connectivity index (χ4n) is 2.85. The van der Waals surface area contributed by atoms with Crippen LogP contribution in [0.2, 0.25) is 0 Å². The third-order valence-electron chi connectivity index (χ3n) is 3.76. The topological polar surface area (TPSA) is 89.3 Å². The van der Waals surface area contributed by atoms with Gasteiger partial charge in [0.2, 0.25) is 5.78 Å². The van der Waals surface area contributed by atoms with Gasteiger partial charge in [0.05, 0.1) is 16.1 Å². The average molecular weight is 389 g/mol. The fraction of sp³-hybridized carbons (Fsp3) is 0.176. The molecule has 0 radical (unpaired) electrons. The molecule has 0 aromatic heterocycles. The molecule has 0 aliphatic heterocycles. The molecule has 0 saturated heterocycles. The zero-order chi connectivity index (χ0) is 17.6. The highest BCUT2D eigenvalue weighted by Crippen LogP contribution is 2.39. The number of nitro benzene ring substituents is 1. The summed E-state index contributed by atoms with van der Waals surface area (Å²) in [5.41, 5.74) is 0.502. The SMILES string of the molecule is CC(C)Nc1ccc(Br)c2c1C(=O)c1cccc([N+](=O)[O-])c1C2=O. The first-order valence-electron chi connectivity index (χ1n) is 7.28. The van der Waals surface area contributed by atoms with Crippen LogP contribution in [0.15, 0.2) is 34.8 Å². The molecule has 0 spiro atoms. The highest BCUT2D eigenvalue weighted by molar-refractivity contribution is 9.10. The van der Waals surface area contributed by atoms with E-state index in [0.29, 0.717) is 10.2 Å². The molecule has 1 N–H and O–H groups in total. The summed E-state index contributed by atoms with van der Waals surface area (Å²) in [5, 5.41) is 14.4. The number of carbonyl (C=O) groups is 2. The number of nitrogens with zero attached hydrogens (tertiary/aromatic N) is 1. The Bertz CT molecular complexity index is 906. The van der Waals surface area contributed by atoms with Crippen LogP contribution in [0.4, 0.5) is 11.4 Å². The first-order valence-corrected chi connectivity index (χ1v) is 8.08. The van der Waals surface area contributed by atoms with E-state index in [2.05, 4.69) is 21.2 Å². The van der Waals surface area contributed by atoms with Crippen molar-refractivity contribution in [3.8, 4) is 0 Å². The van der Waals surface area contributed by atoms with Crippen LogP contribution >= 0.6 is 15.9 Å². The molecule has 0 amide bonds. The minimum atomic E-state index is -0.640. The summed E-state index contributed by atoms with van der Waals surface area (Å²) in [4.78, 5) is 36.5. The van der Waals surface area contributed by atoms with E-state index < -0.39 is 16.5 Å². The standard InChI is InChI=1S/C17H13BrN2O4/c1-8(2)19-11-7-6-10(18)14-15(11)16(21)9-4-3-5-12(20(23)24)13(9)17(14)22/h3-8,19H,1-2H3. The maximum Gasteiger partial charge on any atom is 0.281 e. The van der Waals surface area contributed by atoms with Gasteiger partial charge in [-0.05, 0) is 32.0 Å². The van der Waals surface area contributed by atoms with Crippen LogP contribution in [0.5, 0.6) is 0 Å². The molecule has 0 bridgehead atoms. The molecular formula is C17H13BrN2O4. The number of benzene rings is 2. The summed E-state index contributed by atoms with van der Waals surface area (Å²) in [6.07, 6.45) is 0. The Morgan fingerprint density at radius 2 is 1.75 bits per heavy atom. The molecule has 0 fully saturated rings. The molecule has 0 unspecified atom stereocenters. The van der Waals surface area contributed by atoms with Gasteiger partial charge in [-0.25, -0.2) is 0 Å². The monoisotopic (exact) mass is 388 g/mol. The van der Waals surface area contributed by atoms with Crippen molar-refractivity contribution in [2.45, 2.75) is 19.9 Å². The van der Waals surface area contributed by atoms with Gasteiger partial charge in [0.25, 0.3) is 5.69 Å². The van der Waals surface area contributed by atoms with Crippen molar-refractivity contribution in [2.24, 2.45) is 0 Å². The summed E-state index contributed by atoms with van der Waals surface area (Å²) < 4.78 is 0.439. The summed E-state index contributed by atoms with van der Waals surface area (Å²) >= 11 is 3.29. The van der Waals surface area contributed by atoms with E-state index in [9.17, 15) is 19.7 Å². The lowest BCUT2D eigenvalue weighted by atomic mass is 9.82. The van der Waals surface area contributed by atoms with Crippen LogP contribution in [0, 0.1) is 10.1 Å². The number of fused-ring (bicyclic) bond motifs is 2. The first-order chi connectivity index (χ1) is 11.3. The summed E-state index contributed by atoms with van der Waals surface area (Å²) in [6.45, 7) is 3.84. The number of ketones is 2. The smallest absolute Gasteiger partial charge is 0.281 e. The minimum Gasteiger partial charge on any atom is -0.382 e. The molecule has 24 heavy (non-hydrogen) atoms. The first kappa shape index (κ1) is 16.3. The number of carbonyl (C=O) groups excluding carboxylic acids is 2. The molecule has 7 heteroatoms. The normalized spacial score (nSPS) is 12.8. The van der Waals surface area contributed by atoms with Gasteiger partial charge >= 0.3 is 0 Å². The molecule has 0 saturated carbocycles. The van der Waals surface area contributed by atoms with Gasteiger partial charge in [-0.1, -0.05) is 22.0 Å². The number of hydrogen-bond donors (Lipinski definition) is 1. The molecule has 2 aromatic carbocycles. The number of halogens is 1. The Morgan fingerprint density at radius 3 is 2.38 bits per heavy atom. The summed E-state index contributed by atoms with van der Waals surface area (Å²) in [7, 11) is 0. The zero-order valence-corrected chi connectivity index (χ0v) is 14.5. The van der Waals surface area contributed by atoms with Gasteiger partial charge in [-0.2, -0.15) is 0 Å². The predicted octanol–water partition coefficient (Wildman–Crippen LogP) is 3.95. The van der Waals surface area contributed by atoms with Gasteiger partial charge in [0, 0.05) is 27.8 Å². The van der Waals surface area contributed by atoms with E-state index in [4.69, 9.17) is 0 Å². The maximum absolute atomic E-state index is 12.9. The largest absolute Gasteiger partial charge is 0.382 e. The Morgan fingerprint density at radius 1 is 1.04 bits per heavy atom. The molecular weight excluding hydrogens is 376 g/mol. The van der Waals surface area contributed by atoms with Crippen molar-refractivity contribution in [1.82, 2.24) is 0 Å². The second kappa shape index (κ2) is 5.83. The van der Waals surface area contributed by atoms with Crippen LogP contribution in [-0.2, 0) is 0 Å². The second-order valence-electron chi connectivity index (χ2n) is 5.76. The van der Waals surface area contributed by atoms with Crippen LogP contribution in [0.1, 0.15) is 45.7 Å². The van der Waals surface area contributed by atoms with Crippen molar-refractivity contribution in [3.63, 3.8) is 0 Å². The lowest BCUT2D eigenvalue weighted by molar-refractivity contribution is -0.385. The minimum absolute atomic E-state index is 0.0599. The van der Waals surface area contributed by atoms with Crippen LogP contribution in [-0.4, -0.2) is 22.5 Å². The van der Waals surface area contributed by atoms with Gasteiger partial charge in [-0.3, -0.25) is 19.7 Å². The maximum atomic E-state index is 12.9. The molecule has 6 nitrogen and oxygen atoms in total. The molecule has 0 heterocycles. The van der Waals surface area contributed by atoms with Crippen LogP contribution in [0.3, 0.4) is 0 Å². The molecule has 3 rings (SSSR count). The quantitative estimate of drug-likeness (QED) is 0.541. The molecule has 1 aliphatic rings. The predicted molar refractivity (Wildman–Crippen MR) is 92.9 cm³/mol. The third kappa shape index (κ3) is 2.41. The van der Waals surface area contributed by atoms with E-state index in [1.54, 1.807) is 12.1 Å². The van der Waals surface area contributed by atoms with Gasteiger partial charge in [0.1, 0.15) is 5.56 Å². The van der Waals surface area contributed by atoms with Gasteiger partial charge in [0.15, 0.2) is 5.78 Å². The van der Waals surface area contributed by atoms with Crippen molar-refractivity contribution in [2.75, 3.05) is 5.32 Å². The zero-order valence-electron chi connectivity index (χ0n) is 12.9. The third-order valence-corrected chi connectivity index (χ3v) is 4.42. The molecule has 122 valence electrons. The summed E-state index contributed by atoms with van der Waals surface area (Å²) in [6, 6.07) is 7.54. The second-order valence-corrected chi connectivity index (χ2v) is 6.61. The molecule has 2 aromatic rings. The number of hydrogen-bond acceptors (Lipinski definition) is 5. The van der Waals surface area contributed by atoms with E-state index in [-0.39, 0.29) is 34.0 Å². The average Bonchev–Trinajstić information content (AvgIpc) is 2.52. The van der Waals surface area contributed by atoms with E-state index >= 15 is 0 Å². The van der Waals surface area contributed by atoms with Gasteiger partial charge < -0.3 is 5.32 Å². The number of anilines is 1. The van der Waals surface area contributed by atoms with Gasteiger partial charge in [-0.15, -0.1) is 0 Å². The van der Waals surface area contributed by atoms with Crippen molar-refractivity contribution in [3.05, 3.63) is 67.2 Å². The number of rotatable bonds is 3. The van der Waals surface area contributed by atoms with Crippen LogP contribution in [0.25, 0.3) is 0 Å². The van der Waals surface area contributed by atoms with E-state index in [1.807, 2.05) is 13.8 Å².